The third kappa shape index (κ3) is 2.43. The van der Waals surface area contributed by atoms with Gasteiger partial charge in [0.1, 0.15) is 11.3 Å². The molecule has 5 heteroatoms. The SMILES string of the molecule is CCCn1c(CCC(=O)O)nc2cccnc21. The Labute approximate surface area is 99.1 Å². The van der Waals surface area contributed by atoms with Crippen LogP contribution in [0.3, 0.4) is 0 Å². The van der Waals surface area contributed by atoms with E-state index in [0.29, 0.717) is 6.42 Å². The highest BCUT2D eigenvalue weighted by atomic mass is 16.4. The molecule has 2 rings (SSSR count). The van der Waals surface area contributed by atoms with E-state index in [1.807, 2.05) is 16.7 Å². The minimum absolute atomic E-state index is 0.104. The predicted octanol–water partition coefficient (Wildman–Crippen LogP) is 1.86. The molecule has 1 N–H and O–H groups in total. The van der Waals surface area contributed by atoms with E-state index in [-0.39, 0.29) is 6.42 Å². The lowest BCUT2D eigenvalue weighted by atomic mass is 10.3. The lowest BCUT2D eigenvalue weighted by molar-refractivity contribution is -0.137. The second-order valence-corrected chi connectivity index (χ2v) is 3.92. The summed E-state index contributed by atoms with van der Waals surface area (Å²) in [7, 11) is 0. The molecular weight excluding hydrogens is 218 g/mol. The lowest BCUT2D eigenvalue weighted by Gasteiger charge is -2.05. The number of hydrogen-bond acceptors (Lipinski definition) is 3. The molecule has 17 heavy (non-hydrogen) atoms. The Morgan fingerprint density at radius 2 is 2.35 bits per heavy atom. The first-order chi connectivity index (χ1) is 8.22. The Hall–Kier alpha value is -1.91. The summed E-state index contributed by atoms with van der Waals surface area (Å²) in [6.45, 7) is 2.90. The largest absolute Gasteiger partial charge is 0.481 e. The molecule has 5 nitrogen and oxygen atoms in total. The summed E-state index contributed by atoms with van der Waals surface area (Å²) in [5.74, 6) is 0.0102. The van der Waals surface area contributed by atoms with Crippen LogP contribution in [0.25, 0.3) is 11.2 Å². The molecule has 0 amide bonds. The number of aromatic nitrogens is 3. The number of aryl methyl sites for hydroxylation is 2. The molecule has 0 aliphatic heterocycles. The first-order valence-corrected chi connectivity index (χ1v) is 5.74. The van der Waals surface area contributed by atoms with Crippen molar-refractivity contribution in [1.82, 2.24) is 14.5 Å². The summed E-state index contributed by atoms with van der Waals surface area (Å²) in [5.41, 5.74) is 1.68. The fourth-order valence-corrected chi connectivity index (χ4v) is 1.87. The van der Waals surface area contributed by atoms with Gasteiger partial charge in [-0.15, -0.1) is 0 Å². The van der Waals surface area contributed by atoms with Crippen LogP contribution in [-0.2, 0) is 17.8 Å². The van der Waals surface area contributed by atoms with E-state index >= 15 is 0 Å². The Bertz CT molecular complexity index is 534. The number of carbonyl (C=O) groups is 1. The summed E-state index contributed by atoms with van der Waals surface area (Å²) < 4.78 is 2.01. The summed E-state index contributed by atoms with van der Waals surface area (Å²) in [4.78, 5) is 19.3. The maximum Gasteiger partial charge on any atom is 0.303 e. The number of nitrogens with zero attached hydrogens (tertiary/aromatic N) is 3. The van der Waals surface area contributed by atoms with Crippen LogP contribution >= 0.6 is 0 Å². The lowest BCUT2D eigenvalue weighted by Crippen LogP contribution is -2.07. The van der Waals surface area contributed by atoms with Crippen LogP contribution in [0, 0.1) is 0 Å². The van der Waals surface area contributed by atoms with Crippen molar-refractivity contribution in [3.8, 4) is 0 Å². The zero-order chi connectivity index (χ0) is 12.3. The zero-order valence-electron chi connectivity index (χ0n) is 9.76. The normalized spacial score (nSPS) is 10.9. The number of imidazole rings is 1. The fraction of sp³-hybridized carbons (Fsp3) is 0.417. The maximum absolute atomic E-state index is 10.6. The molecule has 0 aromatic carbocycles. The molecule has 0 saturated heterocycles. The second-order valence-electron chi connectivity index (χ2n) is 3.92. The second kappa shape index (κ2) is 4.95. The third-order valence-corrected chi connectivity index (χ3v) is 2.59. The number of fused-ring (bicyclic) bond motifs is 1. The maximum atomic E-state index is 10.6. The average Bonchev–Trinajstić information content (AvgIpc) is 2.66. The molecule has 0 unspecified atom stereocenters. The van der Waals surface area contributed by atoms with Crippen molar-refractivity contribution in [1.29, 1.82) is 0 Å². The Morgan fingerprint density at radius 3 is 3.06 bits per heavy atom. The summed E-state index contributed by atoms with van der Waals surface area (Å²) >= 11 is 0. The van der Waals surface area contributed by atoms with E-state index in [4.69, 9.17) is 5.11 Å². The number of hydrogen-bond donors (Lipinski definition) is 1. The smallest absolute Gasteiger partial charge is 0.303 e. The van der Waals surface area contributed by atoms with E-state index in [9.17, 15) is 4.79 Å². The van der Waals surface area contributed by atoms with Gasteiger partial charge in [-0.05, 0) is 18.6 Å². The summed E-state index contributed by atoms with van der Waals surface area (Å²) in [5, 5.41) is 8.72. The molecule has 2 heterocycles. The minimum Gasteiger partial charge on any atom is -0.481 e. The van der Waals surface area contributed by atoms with E-state index in [2.05, 4.69) is 16.9 Å². The van der Waals surface area contributed by atoms with Crippen molar-refractivity contribution in [2.75, 3.05) is 0 Å². The molecule has 0 fully saturated rings. The molecule has 0 spiro atoms. The van der Waals surface area contributed by atoms with E-state index in [1.54, 1.807) is 6.20 Å². The number of carboxylic acid groups (broad SMARTS) is 1. The van der Waals surface area contributed by atoms with Crippen molar-refractivity contribution in [2.45, 2.75) is 32.7 Å². The Kier molecular flexibility index (Phi) is 3.37. The first-order valence-electron chi connectivity index (χ1n) is 5.74. The number of rotatable bonds is 5. The van der Waals surface area contributed by atoms with Gasteiger partial charge in [-0.3, -0.25) is 4.79 Å². The zero-order valence-corrected chi connectivity index (χ0v) is 9.76. The van der Waals surface area contributed by atoms with Crippen molar-refractivity contribution in [3.63, 3.8) is 0 Å². The molecule has 90 valence electrons. The Balaban J connectivity index is 2.38. The van der Waals surface area contributed by atoms with Crippen LogP contribution in [0.1, 0.15) is 25.6 Å². The van der Waals surface area contributed by atoms with Crippen LogP contribution in [0.5, 0.6) is 0 Å². The predicted molar refractivity (Wildman–Crippen MR) is 63.8 cm³/mol. The van der Waals surface area contributed by atoms with E-state index < -0.39 is 5.97 Å². The van der Waals surface area contributed by atoms with Crippen LogP contribution < -0.4 is 0 Å². The average molecular weight is 233 g/mol. The summed E-state index contributed by atoms with van der Waals surface area (Å²) in [6.07, 6.45) is 3.26. The standard InChI is InChI=1S/C12H15N3O2/c1-2-8-15-10(5-6-11(16)17)14-9-4-3-7-13-12(9)15/h3-4,7H,2,5-6,8H2,1H3,(H,16,17). The third-order valence-electron chi connectivity index (χ3n) is 2.59. The van der Waals surface area contributed by atoms with Gasteiger partial charge in [0.2, 0.25) is 0 Å². The van der Waals surface area contributed by atoms with Gasteiger partial charge < -0.3 is 9.67 Å². The van der Waals surface area contributed by atoms with Crippen molar-refractivity contribution in [2.24, 2.45) is 0 Å². The number of aliphatic carboxylic acids is 1. The molecule has 0 bridgehead atoms. The monoisotopic (exact) mass is 233 g/mol. The molecule has 0 aliphatic carbocycles. The van der Waals surface area contributed by atoms with E-state index in [1.165, 1.54) is 0 Å². The highest BCUT2D eigenvalue weighted by molar-refractivity contribution is 5.71. The van der Waals surface area contributed by atoms with Crippen LogP contribution in [0.15, 0.2) is 18.3 Å². The van der Waals surface area contributed by atoms with Gasteiger partial charge in [0.15, 0.2) is 5.65 Å². The van der Waals surface area contributed by atoms with Gasteiger partial charge in [0, 0.05) is 19.2 Å². The molecule has 2 aromatic rings. The topological polar surface area (TPSA) is 68.0 Å². The molecular formula is C12H15N3O2. The molecule has 0 aliphatic rings. The van der Waals surface area contributed by atoms with Gasteiger partial charge in [-0.2, -0.15) is 0 Å². The first kappa shape index (κ1) is 11.6. The molecule has 0 atom stereocenters. The van der Waals surface area contributed by atoms with Gasteiger partial charge in [-0.1, -0.05) is 6.92 Å². The van der Waals surface area contributed by atoms with Gasteiger partial charge >= 0.3 is 5.97 Å². The van der Waals surface area contributed by atoms with Gasteiger partial charge in [-0.25, -0.2) is 9.97 Å². The van der Waals surface area contributed by atoms with Gasteiger partial charge in [0.25, 0.3) is 0 Å². The van der Waals surface area contributed by atoms with Crippen LogP contribution in [-0.4, -0.2) is 25.6 Å². The van der Waals surface area contributed by atoms with Crippen molar-refractivity contribution in [3.05, 3.63) is 24.2 Å². The molecule has 2 aromatic heterocycles. The van der Waals surface area contributed by atoms with Crippen molar-refractivity contribution >= 4 is 17.1 Å². The van der Waals surface area contributed by atoms with E-state index in [0.717, 1.165) is 30.0 Å². The highest BCUT2D eigenvalue weighted by Gasteiger charge is 2.11. The number of carboxylic acids is 1. The summed E-state index contributed by atoms with van der Waals surface area (Å²) in [6, 6.07) is 3.74. The molecule has 0 saturated carbocycles. The molecule has 0 radical (unpaired) electrons. The Morgan fingerprint density at radius 1 is 1.53 bits per heavy atom. The van der Waals surface area contributed by atoms with Crippen molar-refractivity contribution < 1.29 is 9.90 Å². The number of pyridine rings is 1. The van der Waals surface area contributed by atoms with Crippen LogP contribution in [0.2, 0.25) is 0 Å². The van der Waals surface area contributed by atoms with Crippen LogP contribution in [0.4, 0.5) is 0 Å². The highest BCUT2D eigenvalue weighted by Crippen LogP contribution is 2.15. The fourth-order valence-electron chi connectivity index (χ4n) is 1.87. The quantitative estimate of drug-likeness (QED) is 0.855. The van der Waals surface area contributed by atoms with Gasteiger partial charge in [0.05, 0.1) is 6.42 Å². The minimum atomic E-state index is -0.798.